The number of hydrogen-bond acceptors (Lipinski definition) is 3. The standard InChI is InChI=1S/C12H15NO4S/c1-9(12(13)14)11(18(15,16)17)8-7-10-5-3-2-4-6-10/h2-6H,7-8H2,1H3,(H2,13,14)(H,15,16,17). The van der Waals surface area contributed by atoms with Gasteiger partial charge in [0.15, 0.2) is 0 Å². The molecule has 0 aliphatic heterocycles. The molecular weight excluding hydrogens is 254 g/mol. The van der Waals surface area contributed by atoms with Crippen molar-refractivity contribution in [2.75, 3.05) is 0 Å². The van der Waals surface area contributed by atoms with E-state index in [1.165, 1.54) is 6.92 Å². The van der Waals surface area contributed by atoms with Crippen LogP contribution in [0.5, 0.6) is 0 Å². The molecule has 0 saturated heterocycles. The third-order valence-corrected chi connectivity index (χ3v) is 3.72. The summed E-state index contributed by atoms with van der Waals surface area (Å²) in [7, 11) is -4.40. The highest BCUT2D eigenvalue weighted by Gasteiger charge is 2.19. The van der Waals surface area contributed by atoms with E-state index in [2.05, 4.69) is 0 Å². The highest BCUT2D eigenvalue weighted by atomic mass is 32.2. The molecule has 0 atom stereocenters. The van der Waals surface area contributed by atoms with Crippen LogP contribution in [0.15, 0.2) is 40.8 Å². The molecule has 6 heteroatoms. The zero-order valence-corrected chi connectivity index (χ0v) is 10.8. The first kappa shape index (κ1) is 14.4. The molecule has 0 heterocycles. The third-order valence-electron chi connectivity index (χ3n) is 2.58. The van der Waals surface area contributed by atoms with Crippen molar-refractivity contribution in [3.05, 3.63) is 46.4 Å². The van der Waals surface area contributed by atoms with Gasteiger partial charge in [0, 0.05) is 5.57 Å². The molecule has 3 N–H and O–H groups in total. The summed E-state index contributed by atoms with van der Waals surface area (Å²) < 4.78 is 31.5. The van der Waals surface area contributed by atoms with Gasteiger partial charge in [-0.25, -0.2) is 0 Å². The summed E-state index contributed by atoms with van der Waals surface area (Å²) >= 11 is 0. The molecular formula is C12H15NO4S. The molecule has 0 aliphatic carbocycles. The lowest BCUT2D eigenvalue weighted by atomic mass is 10.1. The molecule has 0 saturated carbocycles. The Hall–Kier alpha value is -1.66. The minimum atomic E-state index is -4.40. The number of primary amides is 1. The Morgan fingerprint density at radius 2 is 1.83 bits per heavy atom. The van der Waals surface area contributed by atoms with Crippen LogP contribution in [0.2, 0.25) is 0 Å². The van der Waals surface area contributed by atoms with Gasteiger partial charge >= 0.3 is 0 Å². The van der Waals surface area contributed by atoms with Crippen molar-refractivity contribution in [3.63, 3.8) is 0 Å². The van der Waals surface area contributed by atoms with Crippen LogP contribution < -0.4 is 5.73 Å². The van der Waals surface area contributed by atoms with Gasteiger partial charge < -0.3 is 5.73 Å². The number of amides is 1. The fourth-order valence-electron chi connectivity index (χ4n) is 1.55. The molecule has 0 spiro atoms. The van der Waals surface area contributed by atoms with Crippen LogP contribution in [0, 0.1) is 0 Å². The van der Waals surface area contributed by atoms with E-state index in [-0.39, 0.29) is 16.9 Å². The molecule has 0 radical (unpaired) electrons. The van der Waals surface area contributed by atoms with Gasteiger partial charge in [0.05, 0.1) is 4.91 Å². The summed E-state index contributed by atoms with van der Waals surface area (Å²) in [6.45, 7) is 1.29. The molecule has 1 aromatic rings. The highest BCUT2D eigenvalue weighted by molar-refractivity contribution is 7.89. The van der Waals surface area contributed by atoms with E-state index < -0.39 is 16.0 Å². The maximum atomic E-state index is 11.2. The predicted molar refractivity (Wildman–Crippen MR) is 68.2 cm³/mol. The van der Waals surface area contributed by atoms with E-state index in [1.54, 1.807) is 0 Å². The Labute approximate surface area is 106 Å². The maximum Gasteiger partial charge on any atom is 0.291 e. The second-order valence-corrected chi connectivity index (χ2v) is 5.32. The summed E-state index contributed by atoms with van der Waals surface area (Å²) in [6, 6.07) is 9.17. The lowest BCUT2D eigenvalue weighted by Crippen LogP contribution is -2.17. The van der Waals surface area contributed by atoms with Crippen LogP contribution >= 0.6 is 0 Å². The van der Waals surface area contributed by atoms with Crippen molar-refractivity contribution in [2.24, 2.45) is 5.73 Å². The van der Waals surface area contributed by atoms with E-state index in [0.29, 0.717) is 6.42 Å². The Balaban J connectivity index is 2.96. The highest BCUT2D eigenvalue weighted by Crippen LogP contribution is 2.18. The van der Waals surface area contributed by atoms with Crippen molar-refractivity contribution in [3.8, 4) is 0 Å². The van der Waals surface area contributed by atoms with E-state index in [0.717, 1.165) is 5.56 Å². The van der Waals surface area contributed by atoms with Gasteiger partial charge in [0.1, 0.15) is 0 Å². The van der Waals surface area contributed by atoms with Crippen molar-refractivity contribution in [1.29, 1.82) is 0 Å². The first-order valence-corrected chi connectivity index (χ1v) is 6.77. The average molecular weight is 269 g/mol. The summed E-state index contributed by atoms with van der Waals surface area (Å²) in [4.78, 5) is 10.7. The average Bonchev–Trinajstić information content (AvgIpc) is 2.28. The van der Waals surface area contributed by atoms with Gasteiger partial charge in [-0.3, -0.25) is 9.35 Å². The summed E-state index contributed by atoms with van der Waals surface area (Å²) in [5.74, 6) is -0.851. The number of nitrogens with two attached hydrogens (primary N) is 1. The molecule has 0 unspecified atom stereocenters. The van der Waals surface area contributed by atoms with E-state index in [4.69, 9.17) is 10.3 Å². The molecule has 18 heavy (non-hydrogen) atoms. The van der Waals surface area contributed by atoms with Crippen LogP contribution in [0.3, 0.4) is 0 Å². The maximum absolute atomic E-state index is 11.2. The Morgan fingerprint density at radius 3 is 2.28 bits per heavy atom. The van der Waals surface area contributed by atoms with Gasteiger partial charge in [-0.2, -0.15) is 8.42 Å². The quantitative estimate of drug-likeness (QED) is 0.621. The van der Waals surface area contributed by atoms with E-state index in [9.17, 15) is 13.2 Å². The lowest BCUT2D eigenvalue weighted by molar-refractivity contribution is -0.114. The van der Waals surface area contributed by atoms with Gasteiger partial charge in [-0.15, -0.1) is 0 Å². The zero-order valence-electron chi connectivity index (χ0n) is 9.96. The van der Waals surface area contributed by atoms with Gasteiger partial charge in [0.25, 0.3) is 10.1 Å². The first-order valence-electron chi connectivity index (χ1n) is 5.33. The first-order chi connectivity index (χ1) is 8.32. The lowest BCUT2D eigenvalue weighted by Gasteiger charge is -2.07. The number of benzene rings is 1. The minimum absolute atomic E-state index is 0.0393. The largest absolute Gasteiger partial charge is 0.366 e. The number of carbonyl (C=O) groups excluding carboxylic acids is 1. The number of allylic oxidation sites excluding steroid dienone is 1. The van der Waals surface area contributed by atoms with Gasteiger partial charge in [-0.05, 0) is 25.3 Å². The van der Waals surface area contributed by atoms with E-state index in [1.807, 2.05) is 30.3 Å². The van der Waals surface area contributed by atoms with Crippen LogP contribution in [0.25, 0.3) is 0 Å². The molecule has 0 bridgehead atoms. The second kappa shape index (κ2) is 5.79. The van der Waals surface area contributed by atoms with Crippen LogP contribution in [-0.2, 0) is 21.3 Å². The van der Waals surface area contributed by atoms with Crippen molar-refractivity contribution in [1.82, 2.24) is 0 Å². The molecule has 0 aliphatic rings. The summed E-state index contributed by atoms with van der Waals surface area (Å²) in [5, 5.41) is 0. The Morgan fingerprint density at radius 1 is 1.28 bits per heavy atom. The van der Waals surface area contributed by atoms with Crippen molar-refractivity contribution < 1.29 is 17.8 Å². The predicted octanol–water partition coefficient (Wildman–Crippen LogP) is 1.27. The van der Waals surface area contributed by atoms with E-state index >= 15 is 0 Å². The normalized spacial score (nSPS) is 13.0. The zero-order chi connectivity index (χ0) is 13.8. The molecule has 98 valence electrons. The number of hydrogen-bond donors (Lipinski definition) is 2. The Kier molecular flexibility index (Phi) is 4.63. The monoisotopic (exact) mass is 269 g/mol. The summed E-state index contributed by atoms with van der Waals surface area (Å²) in [6.07, 6.45) is 0.443. The van der Waals surface area contributed by atoms with Crippen LogP contribution in [-0.4, -0.2) is 18.9 Å². The second-order valence-electron chi connectivity index (χ2n) is 3.87. The number of rotatable bonds is 5. The molecule has 1 amide bonds. The van der Waals surface area contributed by atoms with Crippen LogP contribution in [0.4, 0.5) is 0 Å². The molecule has 5 nitrogen and oxygen atoms in total. The SMILES string of the molecule is CC(C(N)=O)=C(CCc1ccccc1)S(=O)(=O)O. The topological polar surface area (TPSA) is 97.5 Å². The minimum Gasteiger partial charge on any atom is -0.366 e. The van der Waals surface area contributed by atoms with Crippen molar-refractivity contribution in [2.45, 2.75) is 19.8 Å². The van der Waals surface area contributed by atoms with Gasteiger partial charge in [-0.1, -0.05) is 30.3 Å². The van der Waals surface area contributed by atoms with Gasteiger partial charge in [0.2, 0.25) is 5.91 Å². The molecule has 1 aromatic carbocycles. The van der Waals surface area contributed by atoms with Crippen molar-refractivity contribution >= 4 is 16.0 Å². The number of carbonyl (C=O) groups is 1. The fraction of sp³-hybridized carbons (Fsp3) is 0.250. The van der Waals surface area contributed by atoms with Crippen LogP contribution in [0.1, 0.15) is 18.9 Å². The third kappa shape index (κ3) is 3.97. The smallest absolute Gasteiger partial charge is 0.291 e. The fourth-order valence-corrected chi connectivity index (χ4v) is 2.40. The summed E-state index contributed by atoms with van der Waals surface area (Å²) in [5.41, 5.74) is 5.81. The molecule has 0 fully saturated rings. The number of aryl methyl sites for hydroxylation is 1. The Bertz CT molecular complexity index is 561. The molecule has 1 rings (SSSR count). The molecule has 0 aromatic heterocycles.